The molecule has 176 valence electrons. The zero-order chi connectivity index (χ0) is 22.8. The van der Waals surface area contributed by atoms with E-state index < -0.39 is 0 Å². The fourth-order valence-electron chi connectivity index (χ4n) is 3.79. The summed E-state index contributed by atoms with van der Waals surface area (Å²) in [5.41, 5.74) is 3.95. The van der Waals surface area contributed by atoms with Crippen molar-refractivity contribution in [2.75, 3.05) is 11.9 Å². The molecule has 0 N–H and O–H groups in total. The second-order valence-electron chi connectivity index (χ2n) is 8.55. The van der Waals surface area contributed by atoms with Crippen molar-refractivity contribution >= 4 is 5.69 Å². The van der Waals surface area contributed by atoms with Crippen LogP contribution in [0.4, 0.5) is 5.69 Å². The Balaban J connectivity index is 0.00000274. The fourth-order valence-corrected chi connectivity index (χ4v) is 3.79. The molecule has 34 heavy (non-hydrogen) atoms. The molecule has 4 aromatic rings. The van der Waals surface area contributed by atoms with Gasteiger partial charge >= 0.3 is 0 Å². The Morgan fingerprint density at radius 3 is 2.18 bits per heavy atom. The van der Waals surface area contributed by atoms with E-state index in [0.29, 0.717) is 11.5 Å². The summed E-state index contributed by atoms with van der Waals surface area (Å²) in [6.45, 7) is 6.40. The zero-order valence-corrected chi connectivity index (χ0v) is 21.5. The Kier molecular flexibility index (Phi) is 6.94. The fraction of sp³-hybridized carbons (Fsp3) is 0.143. The first-order valence-electron chi connectivity index (χ1n) is 10.9. The monoisotopic (exact) mass is 628 g/mol. The second kappa shape index (κ2) is 9.90. The molecule has 0 bridgehead atoms. The third-order valence-electron chi connectivity index (χ3n) is 5.82. The van der Waals surface area contributed by atoms with Gasteiger partial charge in [-0.3, -0.25) is 4.68 Å². The zero-order valence-electron chi connectivity index (χ0n) is 19.3. The molecule has 6 heteroatoms. The summed E-state index contributed by atoms with van der Waals surface area (Å²) in [6, 6.07) is 28.7. The molecule has 0 spiro atoms. The van der Waals surface area contributed by atoms with Gasteiger partial charge in [-0.2, -0.15) is 23.9 Å². The summed E-state index contributed by atoms with van der Waals surface area (Å²) < 4.78 is 7.92. The topological polar surface area (TPSA) is 33.5 Å². The van der Waals surface area contributed by atoms with Crippen LogP contribution in [0.5, 0.6) is 11.5 Å². The first-order chi connectivity index (χ1) is 16.0. The molecule has 0 unspecified atom stereocenters. The van der Waals surface area contributed by atoms with E-state index in [4.69, 9.17) is 4.74 Å². The number of hydrogen-bond acceptors (Lipinski definition) is 4. The summed E-state index contributed by atoms with van der Waals surface area (Å²) in [7, 11) is 1.99. The molecule has 0 saturated carbocycles. The molecule has 5 nitrogen and oxygen atoms in total. The molecule has 5 rings (SSSR count). The predicted molar refractivity (Wildman–Crippen MR) is 130 cm³/mol. The van der Waals surface area contributed by atoms with Crippen LogP contribution in [0.15, 0.2) is 91.5 Å². The van der Waals surface area contributed by atoms with Gasteiger partial charge in [0.1, 0.15) is 0 Å². The largest absolute Gasteiger partial charge is 0.510 e. The number of nitrogens with zero attached hydrogens (tertiary/aromatic N) is 4. The van der Waals surface area contributed by atoms with E-state index in [-0.39, 0.29) is 26.5 Å². The summed E-state index contributed by atoms with van der Waals surface area (Å²) in [5.74, 6) is 1.24. The van der Waals surface area contributed by atoms with Crippen LogP contribution in [0, 0.1) is 18.8 Å². The van der Waals surface area contributed by atoms with Crippen LogP contribution in [0.25, 0.3) is 5.69 Å². The smallest absolute Gasteiger partial charge is 0.0534 e. The predicted octanol–water partition coefficient (Wildman–Crippen LogP) is 5.93. The molecule has 0 amide bonds. The van der Waals surface area contributed by atoms with E-state index in [1.807, 2.05) is 89.3 Å². The van der Waals surface area contributed by atoms with Gasteiger partial charge in [-0.25, -0.2) is 0 Å². The van der Waals surface area contributed by atoms with Crippen molar-refractivity contribution in [3.8, 4) is 17.2 Å². The molecule has 3 aromatic carbocycles. The van der Waals surface area contributed by atoms with E-state index in [1.165, 1.54) is 5.56 Å². The Bertz CT molecular complexity index is 1280. The maximum Gasteiger partial charge on any atom is 0.0534 e. The number of aromatic nitrogens is 2. The number of rotatable bonds is 6. The average molecular weight is 629 g/mol. The van der Waals surface area contributed by atoms with E-state index in [9.17, 15) is 0 Å². The van der Waals surface area contributed by atoms with Crippen LogP contribution < -0.4 is 9.64 Å². The third kappa shape index (κ3) is 4.95. The van der Waals surface area contributed by atoms with Gasteiger partial charge in [0.05, 0.1) is 6.20 Å². The van der Waals surface area contributed by atoms with Gasteiger partial charge in [-0.1, -0.05) is 44.2 Å². The standard InChI is InChI=1S/C28H25N4O.Pt/c1-28(2,22-9-5-4-6-10-22)23-19-29-32(20-23)25-12-8-14-27(18-25)33-26-13-7-11-24(17-26)31-16-15-30(3)21-31;/h4-16,19-21H,1-3H3;/q-3;. The quantitative estimate of drug-likeness (QED) is 0.248. The molecular formula is C28H25N4OPt-3. The molecule has 0 aliphatic carbocycles. The number of ether oxygens (including phenoxy) is 1. The van der Waals surface area contributed by atoms with Gasteiger partial charge in [0, 0.05) is 49.7 Å². The molecule has 0 fully saturated rings. The van der Waals surface area contributed by atoms with Gasteiger partial charge in [-0.15, -0.1) is 42.1 Å². The van der Waals surface area contributed by atoms with Crippen molar-refractivity contribution in [1.82, 2.24) is 14.7 Å². The van der Waals surface area contributed by atoms with Crippen molar-refractivity contribution < 1.29 is 25.8 Å². The Hall–Kier alpha value is -3.30. The van der Waals surface area contributed by atoms with Crippen LogP contribution in [-0.2, 0) is 26.5 Å². The maximum atomic E-state index is 6.08. The summed E-state index contributed by atoms with van der Waals surface area (Å²) in [5, 5.41) is 4.60. The van der Waals surface area contributed by atoms with E-state index in [2.05, 4.69) is 61.5 Å². The van der Waals surface area contributed by atoms with E-state index in [0.717, 1.165) is 16.9 Å². The van der Waals surface area contributed by atoms with Crippen LogP contribution in [0.2, 0.25) is 0 Å². The minimum absolute atomic E-state index is 0. The third-order valence-corrected chi connectivity index (χ3v) is 5.82. The molecule has 1 aliphatic rings. The van der Waals surface area contributed by atoms with Crippen LogP contribution >= 0.6 is 0 Å². The van der Waals surface area contributed by atoms with Gasteiger partial charge in [0.15, 0.2) is 0 Å². The van der Waals surface area contributed by atoms with Gasteiger partial charge in [-0.05, 0) is 30.7 Å². The van der Waals surface area contributed by atoms with Crippen LogP contribution in [-0.4, -0.2) is 21.7 Å². The van der Waals surface area contributed by atoms with Gasteiger partial charge < -0.3 is 14.5 Å². The number of benzene rings is 3. The van der Waals surface area contributed by atoms with Crippen molar-refractivity contribution in [3.63, 3.8) is 0 Å². The molecule has 0 saturated heterocycles. The molecule has 0 atom stereocenters. The van der Waals surface area contributed by atoms with Gasteiger partial charge in [0.25, 0.3) is 0 Å². The molecule has 1 aromatic heterocycles. The average Bonchev–Trinajstić information content (AvgIpc) is 3.50. The summed E-state index contributed by atoms with van der Waals surface area (Å²) >= 11 is 0. The Labute approximate surface area is 215 Å². The van der Waals surface area contributed by atoms with Crippen molar-refractivity contribution in [1.29, 1.82) is 0 Å². The normalized spacial score (nSPS) is 13.1. The molecular weight excluding hydrogens is 603 g/mol. The summed E-state index contributed by atoms with van der Waals surface area (Å²) in [4.78, 5) is 3.97. The number of hydrogen-bond donors (Lipinski definition) is 0. The minimum Gasteiger partial charge on any atom is -0.510 e. The van der Waals surface area contributed by atoms with Crippen molar-refractivity contribution in [2.24, 2.45) is 0 Å². The summed E-state index contributed by atoms with van der Waals surface area (Å²) in [6.07, 6.45) is 7.94. The van der Waals surface area contributed by atoms with E-state index in [1.54, 1.807) is 0 Å². The SMILES string of the molecule is CN1C=CN(c2[c-]c(Oc3[c-]c(-n4cc(C(C)(C)c5ccccc5)cn4)ccc3)ccc2)[CH-]1.[Pt]. The number of anilines is 1. The first-order valence-corrected chi connectivity index (χ1v) is 10.9. The Morgan fingerprint density at radius 1 is 0.824 bits per heavy atom. The van der Waals surface area contributed by atoms with Crippen LogP contribution in [0.3, 0.4) is 0 Å². The molecule has 1 aliphatic heterocycles. The van der Waals surface area contributed by atoms with E-state index >= 15 is 0 Å². The minimum atomic E-state index is -0.155. The maximum absolute atomic E-state index is 6.08. The van der Waals surface area contributed by atoms with Crippen molar-refractivity contribution in [3.05, 3.63) is 121 Å². The van der Waals surface area contributed by atoms with Crippen molar-refractivity contribution in [2.45, 2.75) is 19.3 Å². The molecule has 0 radical (unpaired) electrons. The second-order valence-corrected chi connectivity index (χ2v) is 8.55. The Morgan fingerprint density at radius 2 is 1.50 bits per heavy atom. The first kappa shape index (κ1) is 23.8. The van der Waals surface area contributed by atoms with Crippen LogP contribution in [0.1, 0.15) is 25.0 Å². The molecule has 2 heterocycles. The van der Waals surface area contributed by atoms with Gasteiger partial charge in [0.2, 0.25) is 0 Å².